The van der Waals surface area contributed by atoms with Crippen LogP contribution in [0.25, 0.3) is 0 Å². The Morgan fingerprint density at radius 1 is 1.11 bits per heavy atom. The van der Waals surface area contributed by atoms with Gasteiger partial charge in [0.1, 0.15) is 11.0 Å². The average molecular weight is 357 g/mol. The van der Waals surface area contributed by atoms with Gasteiger partial charge < -0.3 is 10.2 Å². The van der Waals surface area contributed by atoms with Crippen LogP contribution < -0.4 is 0 Å². The van der Waals surface area contributed by atoms with E-state index in [1.165, 1.54) is 0 Å². The molecule has 0 fully saturated rings. The lowest BCUT2D eigenvalue weighted by molar-refractivity contribution is 0.0341. The summed E-state index contributed by atoms with van der Waals surface area (Å²) in [5.74, 6) is 0. The Balaban J connectivity index is 3.25. The predicted octanol–water partition coefficient (Wildman–Crippen LogP) is 4.13. The molecule has 0 saturated carbocycles. The maximum absolute atomic E-state index is 12.5. The Kier molecular flexibility index (Phi) is 3.53. The molecule has 9 heteroatoms. The van der Waals surface area contributed by atoms with E-state index in [2.05, 4.69) is 15.9 Å². The minimum Gasteiger partial charge on any atom is -0.389 e. The number of aliphatic hydroxyl groups is 2. The summed E-state index contributed by atoms with van der Waals surface area (Å²) >= 11 is 2.82. The Morgan fingerprint density at radius 2 is 1.67 bits per heavy atom. The van der Waals surface area contributed by atoms with Crippen LogP contribution in [0.3, 0.4) is 0 Å². The molecule has 1 aromatic carbocycles. The van der Waals surface area contributed by atoms with E-state index in [0.717, 1.165) is 12.1 Å². The highest BCUT2D eigenvalue weighted by atomic mass is 79.9. The minimum absolute atomic E-state index is 0.102. The molecule has 2 N–H and O–H groups in total. The monoisotopic (exact) mass is 356 g/mol. The standard InChI is InChI=1S/C9H10BrF5O2S/c10-5-8(16)9(17)6-2-1-3-7(4-6)18(11,12,13,14)15/h1-4,8-9,16-17H,5H2. The van der Waals surface area contributed by atoms with Crippen molar-refractivity contribution < 1.29 is 29.6 Å². The molecule has 2 nitrogen and oxygen atoms in total. The highest BCUT2D eigenvalue weighted by Crippen LogP contribution is 3.02. The van der Waals surface area contributed by atoms with E-state index in [1.807, 2.05) is 0 Å². The van der Waals surface area contributed by atoms with Crippen LogP contribution in [0.2, 0.25) is 0 Å². The number of benzene rings is 1. The van der Waals surface area contributed by atoms with Gasteiger partial charge in [-0.1, -0.05) is 47.5 Å². The summed E-state index contributed by atoms with van der Waals surface area (Å²) in [6, 6.07) is 2.17. The van der Waals surface area contributed by atoms with Crippen LogP contribution in [0.5, 0.6) is 0 Å². The summed E-state index contributed by atoms with van der Waals surface area (Å²) in [4.78, 5) is -2.09. The van der Waals surface area contributed by atoms with Gasteiger partial charge >= 0.3 is 10.2 Å². The highest BCUT2D eigenvalue weighted by Gasteiger charge is 2.65. The molecule has 0 aliphatic heterocycles. The largest absolute Gasteiger partial charge is 0.389 e. The molecule has 0 aromatic heterocycles. The molecule has 0 saturated heterocycles. The quantitative estimate of drug-likeness (QED) is 0.628. The number of alkyl halides is 1. The second-order valence-electron chi connectivity index (χ2n) is 3.71. The Labute approximate surface area is 108 Å². The van der Waals surface area contributed by atoms with Crippen molar-refractivity contribution in [3.63, 3.8) is 0 Å². The summed E-state index contributed by atoms with van der Waals surface area (Å²) < 4.78 is 62.6. The van der Waals surface area contributed by atoms with Crippen LogP contribution in [0.1, 0.15) is 11.7 Å². The maximum Gasteiger partial charge on any atom is 0.310 e. The van der Waals surface area contributed by atoms with Gasteiger partial charge in [-0.2, -0.15) is 0 Å². The fraction of sp³-hybridized carbons (Fsp3) is 0.333. The summed E-state index contributed by atoms with van der Waals surface area (Å²) in [7, 11) is -9.77. The molecule has 18 heavy (non-hydrogen) atoms. The van der Waals surface area contributed by atoms with Gasteiger partial charge in [0.05, 0.1) is 6.10 Å². The Bertz CT molecular complexity index is 449. The number of rotatable bonds is 4. The zero-order valence-corrected chi connectivity index (χ0v) is 11.1. The van der Waals surface area contributed by atoms with E-state index in [1.54, 1.807) is 0 Å². The fourth-order valence-corrected chi connectivity index (χ4v) is 2.29. The average Bonchev–Trinajstić information content (AvgIpc) is 2.24. The van der Waals surface area contributed by atoms with E-state index in [0.29, 0.717) is 0 Å². The molecular formula is C9H10BrF5O2S. The van der Waals surface area contributed by atoms with Crippen molar-refractivity contribution in [2.24, 2.45) is 0 Å². The van der Waals surface area contributed by atoms with E-state index >= 15 is 0 Å². The van der Waals surface area contributed by atoms with Gasteiger partial charge in [-0.15, -0.1) is 0 Å². The molecule has 2 unspecified atom stereocenters. The highest BCUT2D eigenvalue weighted by molar-refractivity contribution is 9.09. The predicted molar refractivity (Wildman–Crippen MR) is 62.6 cm³/mol. The fourth-order valence-electron chi connectivity index (χ4n) is 1.25. The first kappa shape index (κ1) is 15.7. The van der Waals surface area contributed by atoms with Gasteiger partial charge in [-0.3, -0.25) is 0 Å². The molecule has 0 radical (unpaired) electrons. The number of aliphatic hydroxyl groups excluding tert-OH is 2. The molecule has 0 bridgehead atoms. The Hall–Kier alpha value is -0.380. The third kappa shape index (κ3) is 3.81. The Morgan fingerprint density at radius 3 is 2.11 bits per heavy atom. The van der Waals surface area contributed by atoms with Crippen LogP contribution in [0.4, 0.5) is 19.4 Å². The topological polar surface area (TPSA) is 40.5 Å². The van der Waals surface area contributed by atoms with Crippen LogP contribution in [0, 0.1) is 0 Å². The lowest BCUT2D eigenvalue weighted by Gasteiger charge is -2.40. The maximum atomic E-state index is 12.5. The van der Waals surface area contributed by atoms with Crippen molar-refractivity contribution in [1.29, 1.82) is 0 Å². The zero-order chi connectivity index (χ0) is 14.3. The van der Waals surface area contributed by atoms with Crippen molar-refractivity contribution in [3.8, 4) is 0 Å². The van der Waals surface area contributed by atoms with Gasteiger partial charge in [-0.25, -0.2) is 0 Å². The summed E-state index contributed by atoms with van der Waals surface area (Å²) in [5, 5.41) is 18.6. The minimum atomic E-state index is -9.77. The first-order chi connectivity index (χ1) is 7.85. The van der Waals surface area contributed by atoms with Gasteiger partial charge in [0.25, 0.3) is 0 Å². The van der Waals surface area contributed by atoms with Crippen LogP contribution in [0.15, 0.2) is 29.2 Å². The van der Waals surface area contributed by atoms with Gasteiger partial charge in [-0.05, 0) is 17.7 Å². The van der Waals surface area contributed by atoms with Gasteiger partial charge in [0, 0.05) is 5.33 Å². The van der Waals surface area contributed by atoms with E-state index < -0.39 is 32.9 Å². The molecule has 106 valence electrons. The zero-order valence-electron chi connectivity index (χ0n) is 8.74. The number of hydrogen-bond donors (Lipinski definition) is 2. The molecule has 1 rings (SSSR count). The molecule has 0 spiro atoms. The van der Waals surface area contributed by atoms with Crippen molar-refractivity contribution in [1.82, 2.24) is 0 Å². The molecule has 0 aliphatic carbocycles. The summed E-state index contributed by atoms with van der Waals surface area (Å²) in [6.07, 6.45) is -3.07. The molecule has 0 heterocycles. The van der Waals surface area contributed by atoms with Crippen LogP contribution in [-0.4, -0.2) is 21.6 Å². The van der Waals surface area contributed by atoms with Gasteiger partial charge in [0.15, 0.2) is 0 Å². The molecule has 2 atom stereocenters. The van der Waals surface area contributed by atoms with Gasteiger partial charge in [0.2, 0.25) is 0 Å². The molecule has 1 aromatic rings. The van der Waals surface area contributed by atoms with Crippen LogP contribution >= 0.6 is 26.2 Å². The number of hydrogen-bond acceptors (Lipinski definition) is 2. The summed E-state index contributed by atoms with van der Waals surface area (Å²) in [5.41, 5.74) is -0.423. The third-order valence-electron chi connectivity index (χ3n) is 2.17. The van der Waals surface area contributed by atoms with E-state index in [9.17, 15) is 29.6 Å². The normalized spacial score (nSPS) is 19.8. The van der Waals surface area contributed by atoms with E-state index in [-0.39, 0.29) is 17.5 Å². The first-order valence-electron chi connectivity index (χ1n) is 4.61. The second kappa shape index (κ2) is 4.06. The summed E-state index contributed by atoms with van der Waals surface area (Å²) in [6.45, 7) is 0. The second-order valence-corrected chi connectivity index (χ2v) is 6.76. The lowest BCUT2D eigenvalue weighted by atomic mass is 10.1. The van der Waals surface area contributed by atoms with Crippen molar-refractivity contribution in [2.45, 2.75) is 17.1 Å². The molecule has 0 aliphatic rings. The SMILES string of the molecule is OC(CBr)C(O)c1cccc(S(F)(F)(F)(F)F)c1. The smallest absolute Gasteiger partial charge is 0.310 e. The van der Waals surface area contributed by atoms with Crippen LogP contribution in [-0.2, 0) is 0 Å². The van der Waals surface area contributed by atoms with E-state index in [4.69, 9.17) is 0 Å². The van der Waals surface area contributed by atoms with Crippen molar-refractivity contribution in [2.75, 3.05) is 5.33 Å². The number of halogens is 6. The first-order valence-corrected chi connectivity index (χ1v) is 7.68. The lowest BCUT2D eigenvalue weighted by Crippen LogP contribution is -2.20. The van der Waals surface area contributed by atoms with Crippen molar-refractivity contribution >= 4 is 26.2 Å². The molecule has 0 amide bonds. The molecular weight excluding hydrogens is 347 g/mol. The third-order valence-corrected chi connectivity index (χ3v) is 3.98. The van der Waals surface area contributed by atoms with Crippen molar-refractivity contribution in [3.05, 3.63) is 29.8 Å².